The lowest BCUT2D eigenvalue weighted by molar-refractivity contribution is 0.482. The molecule has 0 bridgehead atoms. The maximum Gasteiger partial charge on any atom is 0.146 e. The van der Waals surface area contributed by atoms with E-state index in [4.69, 9.17) is 16.3 Å². The van der Waals surface area contributed by atoms with E-state index in [2.05, 4.69) is 0 Å². The number of hydrogen-bond acceptors (Lipinski definition) is 1. The summed E-state index contributed by atoms with van der Waals surface area (Å²) >= 11 is 5.99. The van der Waals surface area contributed by atoms with Gasteiger partial charge in [0.15, 0.2) is 0 Å². The molecule has 90 valence electrons. The summed E-state index contributed by atoms with van der Waals surface area (Å²) in [6.45, 7) is 6.03. The Morgan fingerprint density at radius 1 is 0.941 bits per heavy atom. The van der Waals surface area contributed by atoms with E-state index in [-0.39, 0.29) is 0 Å². The first-order chi connectivity index (χ1) is 8.25. The molecule has 0 radical (unpaired) electrons. The number of ether oxygens (including phenoxy) is 1. The van der Waals surface area contributed by atoms with Gasteiger partial charge in [-0.2, -0.15) is 0 Å². The van der Waals surface area contributed by atoms with Crippen LogP contribution < -0.4 is 4.74 Å². The van der Waals surface area contributed by atoms with Gasteiger partial charge >= 0.3 is 0 Å². The van der Waals surface area contributed by atoms with Crippen LogP contribution in [0.3, 0.4) is 0 Å². The van der Waals surface area contributed by atoms with E-state index in [1.54, 1.807) is 0 Å². The maximum absolute atomic E-state index is 5.99. The van der Waals surface area contributed by atoms with Crippen molar-refractivity contribution in [2.24, 2.45) is 0 Å². The lowest BCUT2D eigenvalue weighted by atomic mass is 10.2. The molecular weight excluding hydrogens is 232 g/mol. The number of rotatable bonds is 2. The number of aryl methyl sites for hydroxylation is 1. The van der Waals surface area contributed by atoms with E-state index < -0.39 is 0 Å². The first-order valence-corrected chi connectivity index (χ1v) is 6.12. The number of halogens is 1. The summed E-state index contributed by atoms with van der Waals surface area (Å²) in [6, 6.07) is 15.3. The van der Waals surface area contributed by atoms with Gasteiger partial charge in [0.1, 0.15) is 11.5 Å². The molecule has 0 unspecified atom stereocenters. The molecule has 0 fully saturated rings. The third-order valence-corrected chi connectivity index (χ3v) is 2.37. The van der Waals surface area contributed by atoms with Crippen molar-refractivity contribution < 1.29 is 4.74 Å². The minimum atomic E-state index is 0.624. The Morgan fingerprint density at radius 3 is 2.29 bits per heavy atom. The van der Waals surface area contributed by atoms with Crippen molar-refractivity contribution in [3.8, 4) is 11.5 Å². The smallest absolute Gasteiger partial charge is 0.146 e. The molecule has 2 heteroatoms. The highest BCUT2D eigenvalue weighted by Gasteiger charge is 2.01. The van der Waals surface area contributed by atoms with Crippen LogP contribution in [0.1, 0.15) is 19.4 Å². The highest BCUT2D eigenvalue weighted by molar-refractivity contribution is 6.32. The van der Waals surface area contributed by atoms with Gasteiger partial charge in [-0.05, 0) is 36.8 Å². The molecule has 1 nitrogen and oxygen atoms in total. The number of hydrogen-bond donors (Lipinski definition) is 0. The number of benzene rings is 2. The Kier molecular flexibility index (Phi) is 5.58. The van der Waals surface area contributed by atoms with Crippen LogP contribution in [0.5, 0.6) is 11.5 Å². The monoisotopic (exact) mass is 248 g/mol. The van der Waals surface area contributed by atoms with Crippen LogP contribution in [0.4, 0.5) is 0 Å². The Bertz CT molecular complexity index is 466. The Labute approximate surface area is 108 Å². The van der Waals surface area contributed by atoms with E-state index >= 15 is 0 Å². The molecule has 0 spiro atoms. The molecule has 0 amide bonds. The van der Waals surface area contributed by atoms with Crippen LogP contribution in [0.25, 0.3) is 0 Å². The normalized spacial score (nSPS) is 9.18. The summed E-state index contributed by atoms with van der Waals surface area (Å²) in [5.74, 6) is 1.49. The zero-order valence-corrected chi connectivity index (χ0v) is 11.2. The van der Waals surface area contributed by atoms with Crippen LogP contribution in [0.15, 0.2) is 48.5 Å². The van der Waals surface area contributed by atoms with Gasteiger partial charge in [0.05, 0.1) is 5.02 Å². The Morgan fingerprint density at radius 2 is 1.65 bits per heavy atom. The summed E-state index contributed by atoms with van der Waals surface area (Å²) in [7, 11) is 0. The van der Waals surface area contributed by atoms with Crippen LogP contribution in [-0.4, -0.2) is 0 Å². The van der Waals surface area contributed by atoms with Crippen molar-refractivity contribution in [2.45, 2.75) is 20.8 Å². The molecule has 0 atom stereocenters. The molecular formula is C15H17ClO. The first kappa shape index (κ1) is 13.6. The van der Waals surface area contributed by atoms with Gasteiger partial charge in [0.25, 0.3) is 0 Å². The van der Waals surface area contributed by atoms with Crippen LogP contribution in [-0.2, 0) is 0 Å². The summed E-state index contributed by atoms with van der Waals surface area (Å²) in [5, 5.41) is 0.624. The minimum Gasteiger partial charge on any atom is -0.456 e. The molecule has 2 aromatic rings. The second-order valence-corrected chi connectivity index (χ2v) is 3.76. The van der Waals surface area contributed by atoms with E-state index in [1.165, 1.54) is 5.56 Å². The first-order valence-electron chi connectivity index (χ1n) is 5.75. The van der Waals surface area contributed by atoms with Gasteiger partial charge in [-0.25, -0.2) is 0 Å². The molecule has 0 saturated carbocycles. The van der Waals surface area contributed by atoms with Crippen molar-refractivity contribution in [1.29, 1.82) is 0 Å². The van der Waals surface area contributed by atoms with Gasteiger partial charge in [-0.15, -0.1) is 0 Å². The fraction of sp³-hybridized carbons (Fsp3) is 0.200. The summed E-state index contributed by atoms with van der Waals surface area (Å²) < 4.78 is 5.66. The fourth-order valence-electron chi connectivity index (χ4n) is 1.33. The molecule has 0 aliphatic carbocycles. The topological polar surface area (TPSA) is 9.23 Å². The second kappa shape index (κ2) is 6.97. The van der Waals surface area contributed by atoms with Crippen molar-refractivity contribution in [1.82, 2.24) is 0 Å². The lowest BCUT2D eigenvalue weighted by Gasteiger charge is -2.07. The van der Waals surface area contributed by atoms with Crippen molar-refractivity contribution in [3.05, 3.63) is 59.1 Å². The quantitative estimate of drug-likeness (QED) is 0.685. The molecule has 0 saturated heterocycles. The van der Waals surface area contributed by atoms with Gasteiger partial charge < -0.3 is 4.74 Å². The highest BCUT2D eigenvalue weighted by Crippen LogP contribution is 2.28. The predicted molar refractivity (Wildman–Crippen MR) is 74.1 cm³/mol. The molecule has 0 aliphatic rings. The summed E-state index contributed by atoms with van der Waals surface area (Å²) in [4.78, 5) is 0. The maximum atomic E-state index is 5.99. The standard InChI is InChI=1S/C13H11ClO.C2H6/c1-10-5-4-6-11(9-10)15-13-8-3-2-7-12(13)14;1-2/h2-9H,1H3;1-2H3. The third kappa shape index (κ3) is 4.12. The Hall–Kier alpha value is -1.47. The number of para-hydroxylation sites is 1. The Balaban J connectivity index is 0.000000686. The van der Waals surface area contributed by atoms with Crippen molar-refractivity contribution in [2.75, 3.05) is 0 Å². The molecule has 2 rings (SSSR count). The average Bonchev–Trinajstić information content (AvgIpc) is 2.35. The average molecular weight is 249 g/mol. The van der Waals surface area contributed by atoms with Crippen molar-refractivity contribution in [3.63, 3.8) is 0 Å². The largest absolute Gasteiger partial charge is 0.456 e. The third-order valence-electron chi connectivity index (χ3n) is 2.05. The molecule has 0 aliphatic heterocycles. The molecule has 0 aromatic heterocycles. The van der Waals surface area contributed by atoms with Crippen molar-refractivity contribution >= 4 is 11.6 Å². The van der Waals surface area contributed by atoms with E-state index in [1.807, 2.05) is 69.3 Å². The van der Waals surface area contributed by atoms with Crippen LogP contribution in [0, 0.1) is 6.92 Å². The van der Waals surface area contributed by atoms with Crippen LogP contribution >= 0.6 is 11.6 Å². The zero-order valence-electron chi connectivity index (χ0n) is 10.4. The van der Waals surface area contributed by atoms with Gasteiger partial charge in [0, 0.05) is 0 Å². The fourth-order valence-corrected chi connectivity index (χ4v) is 1.51. The lowest BCUT2D eigenvalue weighted by Crippen LogP contribution is -1.85. The SMILES string of the molecule is CC.Cc1cccc(Oc2ccccc2Cl)c1. The van der Waals surface area contributed by atoms with E-state index in [0.29, 0.717) is 10.8 Å². The second-order valence-electron chi connectivity index (χ2n) is 3.35. The van der Waals surface area contributed by atoms with Gasteiger partial charge in [-0.1, -0.05) is 49.7 Å². The molecule has 17 heavy (non-hydrogen) atoms. The molecule has 2 aromatic carbocycles. The van der Waals surface area contributed by atoms with E-state index in [0.717, 1.165) is 5.75 Å². The van der Waals surface area contributed by atoms with Crippen LogP contribution in [0.2, 0.25) is 5.02 Å². The summed E-state index contributed by atoms with van der Waals surface area (Å²) in [5.41, 5.74) is 1.17. The predicted octanol–water partition coefficient (Wildman–Crippen LogP) is 5.47. The van der Waals surface area contributed by atoms with Gasteiger partial charge in [0.2, 0.25) is 0 Å². The molecule has 0 N–H and O–H groups in total. The highest BCUT2D eigenvalue weighted by atomic mass is 35.5. The zero-order chi connectivity index (χ0) is 12.7. The van der Waals surface area contributed by atoms with Gasteiger partial charge in [-0.3, -0.25) is 0 Å². The van der Waals surface area contributed by atoms with E-state index in [9.17, 15) is 0 Å². The molecule has 0 heterocycles. The minimum absolute atomic E-state index is 0.624. The summed E-state index contributed by atoms with van der Waals surface area (Å²) in [6.07, 6.45) is 0.